The number of ether oxygens (including phenoxy) is 1. The number of hydrogen-bond donors (Lipinski definition) is 1. The molecule has 0 aliphatic heterocycles. The van der Waals surface area contributed by atoms with Crippen LogP contribution in [0.3, 0.4) is 0 Å². The molecule has 0 bridgehead atoms. The molecule has 2 aromatic carbocycles. The minimum Gasteiger partial charge on any atom is -0.489 e. The molecule has 0 amide bonds. The first-order valence-corrected chi connectivity index (χ1v) is 7.63. The topological polar surface area (TPSA) is 21.3 Å². The summed E-state index contributed by atoms with van der Waals surface area (Å²) in [6, 6.07) is 14.6. The molecule has 0 aliphatic carbocycles. The van der Waals surface area contributed by atoms with E-state index in [0.29, 0.717) is 5.02 Å². The van der Waals surface area contributed by atoms with Gasteiger partial charge in [-0.1, -0.05) is 41.4 Å². The van der Waals surface area contributed by atoms with Gasteiger partial charge in [0.1, 0.15) is 5.75 Å². The summed E-state index contributed by atoms with van der Waals surface area (Å²) in [5.41, 5.74) is 3.51. The molecule has 1 unspecified atom stereocenters. The molecule has 0 aliphatic rings. The van der Waals surface area contributed by atoms with Gasteiger partial charge in [0, 0.05) is 11.7 Å². The summed E-state index contributed by atoms with van der Waals surface area (Å²) in [4.78, 5) is 0. The van der Waals surface area contributed by atoms with Gasteiger partial charge in [0.2, 0.25) is 0 Å². The van der Waals surface area contributed by atoms with Crippen molar-refractivity contribution in [3.8, 4) is 5.75 Å². The predicted octanol–water partition coefficient (Wildman–Crippen LogP) is 5.61. The Morgan fingerprint density at radius 1 is 1.00 bits per heavy atom. The fourth-order valence-corrected chi connectivity index (χ4v) is 2.35. The maximum Gasteiger partial charge on any atom is 0.138 e. The van der Waals surface area contributed by atoms with Gasteiger partial charge in [0.15, 0.2) is 0 Å². The van der Waals surface area contributed by atoms with E-state index in [0.717, 1.165) is 11.4 Å². The zero-order valence-electron chi connectivity index (χ0n) is 13.0. The van der Waals surface area contributed by atoms with Crippen LogP contribution in [0.25, 0.3) is 0 Å². The van der Waals surface area contributed by atoms with E-state index in [9.17, 15) is 0 Å². The second-order valence-corrected chi connectivity index (χ2v) is 6.00. The fraction of sp³-hybridized carbons (Fsp3) is 0.333. The normalized spacial score (nSPS) is 12.3. The van der Waals surface area contributed by atoms with E-state index in [1.807, 2.05) is 32.0 Å². The first-order chi connectivity index (χ1) is 9.95. The highest BCUT2D eigenvalue weighted by atomic mass is 35.5. The third-order valence-corrected chi connectivity index (χ3v) is 3.55. The molecule has 112 valence electrons. The van der Waals surface area contributed by atoms with Gasteiger partial charge >= 0.3 is 0 Å². The Morgan fingerprint density at radius 3 is 2.24 bits per heavy atom. The van der Waals surface area contributed by atoms with E-state index in [1.165, 1.54) is 11.1 Å². The third-order valence-electron chi connectivity index (χ3n) is 3.26. The lowest BCUT2D eigenvalue weighted by molar-refractivity contribution is 0.242. The van der Waals surface area contributed by atoms with Crippen LogP contribution >= 0.6 is 11.6 Å². The second kappa shape index (κ2) is 6.86. The van der Waals surface area contributed by atoms with Gasteiger partial charge in [-0.3, -0.25) is 0 Å². The summed E-state index contributed by atoms with van der Waals surface area (Å²) in [6.07, 6.45) is 0.118. The summed E-state index contributed by atoms with van der Waals surface area (Å²) in [5, 5.41) is 4.09. The molecule has 3 heteroatoms. The summed E-state index contributed by atoms with van der Waals surface area (Å²) < 4.78 is 5.64. The molecule has 0 saturated heterocycles. The highest BCUT2D eigenvalue weighted by molar-refractivity contribution is 6.32. The number of hydrogen-bond acceptors (Lipinski definition) is 2. The Hall–Kier alpha value is -1.67. The van der Waals surface area contributed by atoms with Gasteiger partial charge in [-0.2, -0.15) is 0 Å². The third kappa shape index (κ3) is 4.40. The van der Waals surface area contributed by atoms with Crippen LogP contribution in [-0.4, -0.2) is 6.10 Å². The minimum absolute atomic E-state index is 0.118. The Kier molecular flexibility index (Phi) is 5.13. The molecule has 1 atom stereocenters. The first-order valence-electron chi connectivity index (χ1n) is 7.25. The molecule has 0 fully saturated rings. The second-order valence-electron chi connectivity index (χ2n) is 5.59. The lowest BCUT2D eigenvalue weighted by Gasteiger charge is -2.17. The van der Waals surface area contributed by atoms with Crippen LogP contribution in [0.2, 0.25) is 5.02 Å². The van der Waals surface area contributed by atoms with Crippen LogP contribution in [0.4, 0.5) is 5.69 Å². The van der Waals surface area contributed by atoms with Gasteiger partial charge in [0.05, 0.1) is 11.1 Å². The monoisotopic (exact) mass is 303 g/mol. The molecule has 1 N–H and O–H groups in total. The van der Waals surface area contributed by atoms with Crippen molar-refractivity contribution in [3.63, 3.8) is 0 Å². The van der Waals surface area contributed by atoms with Crippen molar-refractivity contribution >= 4 is 17.3 Å². The van der Waals surface area contributed by atoms with Gasteiger partial charge in [-0.05, 0) is 51.5 Å². The molecule has 0 spiro atoms. The standard InChI is InChI=1S/C18H22ClNO/c1-12(2)21-18-10-9-16(11-17(18)19)20-14(4)15-7-5-13(3)6-8-15/h5-12,14,20H,1-4H3. The summed E-state index contributed by atoms with van der Waals surface area (Å²) in [6.45, 7) is 8.20. The van der Waals surface area contributed by atoms with Crippen molar-refractivity contribution in [1.82, 2.24) is 0 Å². The maximum absolute atomic E-state index is 6.26. The number of benzene rings is 2. The largest absolute Gasteiger partial charge is 0.489 e. The Bertz CT molecular complexity index is 593. The number of aryl methyl sites for hydroxylation is 1. The quantitative estimate of drug-likeness (QED) is 0.775. The molecule has 0 radical (unpaired) electrons. The minimum atomic E-state index is 0.118. The van der Waals surface area contributed by atoms with Crippen LogP contribution in [0.1, 0.15) is 37.9 Å². The van der Waals surface area contributed by atoms with E-state index < -0.39 is 0 Å². The van der Waals surface area contributed by atoms with Crippen LogP contribution in [0.15, 0.2) is 42.5 Å². The number of anilines is 1. The Labute approximate surface area is 132 Å². The number of nitrogens with one attached hydrogen (secondary N) is 1. The molecule has 2 rings (SSSR count). The van der Waals surface area contributed by atoms with Gasteiger partial charge in [-0.15, -0.1) is 0 Å². The smallest absolute Gasteiger partial charge is 0.138 e. The fourth-order valence-electron chi connectivity index (χ4n) is 2.13. The molecule has 21 heavy (non-hydrogen) atoms. The predicted molar refractivity (Wildman–Crippen MR) is 90.4 cm³/mol. The summed E-state index contributed by atoms with van der Waals surface area (Å²) >= 11 is 6.26. The molecular weight excluding hydrogens is 282 g/mol. The highest BCUT2D eigenvalue weighted by Gasteiger charge is 2.08. The Balaban J connectivity index is 2.09. The molecule has 0 saturated carbocycles. The average Bonchev–Trinajstić information content (AvgIpc) is 2.42. The van der Waals surface area contributed by atoms with Gasteiger partial charge < -0.3 is 10.1 Å². The van der Waals surface area contributed by atoms with Crippen LogP contribution in [0, 0.1) is 6.92 Å². The molecule has 0 heterocycles. The van der Waals surface area contributed by atoms with Crippen molar-refractivity contribution in [3.05, 3.63) is 58.6 Å². The molecule has 2 nitrogen and oxygen atoms in total. The SMILES string of the molecule is Cc1ccc(C(C)Nc2ccc(OC(C)C)c(Cl)c2)cc1. The van der Waals surface area contributed by atoms with Crippen molar-refractivity contribution < 1.29 is 4.74 Å². The molecular formula is C18H22ClNO. The number of halogens is 1. The highest BCUT2D eigenvalue weighted by Crippen LogP contribution is 2.30. The van der Waals surface area contributed by atoms with Crippen LogP contribution in [0.5, 0.6) is 5.75 Å². The first kappa shape index (κ1) is 15.7. The van der Waals surface area contributed by atoms with E-state index in [2.05, 4.69) is 43.4 Å². The van der Waals surface area contributed by atoms with E-state index in [-0.39, 0.29) is 12.1 Å². The zero-order chi connectivity index (χ0) is 15.4. The van der Waals surface area contributed by atoms with Crippen molar-refractivity contribution in [2.24, 2.45) is 0 Å². The van der Waals surface area contributed by atoms with E-state index in [1.54, 1.807) is 0 Å². The lowest BCUT2D eigenvalue weighted by atomic mass is 10.1. The average molecular weight is 304 g/mol. The Morgan fingerprint density at radius 2 is 1.67 bits per heavy atom. The lowest BCUT2D eigenvalue weighted by Crippen LogP contribution is -2.08. The van der Waals surface area contributed by atoms with E-state index in [4.69, 9.17) is 16.3 Å². The summed E-state index contributed by atoms with van der Waals surface area (Å²) in [5.74, 6) is 0.722. The van der Waals surface area contributed by atoms with Crippen molar-refractivity contribution in [2.75, 3.05) is 5.32 Å². The molecule has 0 aromatic heterocycles. The van der Waals surface area contributed by atoms with Crippen molar-refractivity contribution in [2.45, 2.75) is 39.8 Å². The van der Waals surface area contributed by atoms with Crippen LogP contribution in [-0.2, 0) is 0 Å². The maximum atomic E-state index is 6.26. The van der Waals surface area contributed by atoms with Crippen LogP contribution < -0.4 is 10.1 Å². The van der Waals surface area contributed by atoms with E-state index >= 15 is 0 Å². The summed E-state index contributed by atoms with van der Waals surface area (Å²) in [7, 11) is 0. The van der Waals surface area contributed by atoms with Gasteiger partial charge in [-0.25, -0.2) is 0 Å². The van der Waals surface area contributed by atoms with Gasteiger partial charge in [0.25, 0.3) is 0 Å². The van der Waals surface area contributed by atoms with Crippen molar-refractivity contribution in [1.29, 1.82) is 0 Å². The number of rotatable bonds is 5. The zero-order valence-corrected chi connectivity index (χ0v) is 13.7. The molecule has 2 aromatic rings.